The molecule has 26 heavy (non-hydrogen) atoms. The van der Waals surface area contributed by atoms with E-state index in [1.165, 1.54) is 11.3 Å². The molecule has 0 bridgehead atoms. The van der Waals surface area contributed by atoms with Crippen LogP contribution in [-0.4, -0.2) is 73.8 Å². The molecule has 0 aromatic carbocycles. The monoisotopic (exact) mass is 375 g/mol. The third kappa shape index (κ3) is 2.61. The first-order chi connectivity index (χ1) is 12.4. The molecule has 6 heteroatoms. The molecule has 1 saturated carbocycles. The van der Waals surface area contributed by atoms with Crippen molar-refractivity contribution in [2.75, 3.05) is 47.3 Å². The number of likely N-dealkylation sites (tertiary alicyclic amines) is 2. The maximum atomic E-state index is 13.1. The molecule has 1 aromatic heterocycles. The smallest absolute Gasteiger partial charge is 0.263 e. The second kappa shape index (κ2) is 6.34. The number of carbonyl (C=O) groups is 2. The molecule has 2 saturated heterocycles. The topological polar surface area (TPSA) is 43.9 Å². The van der Waals surface area contributed by atoms with E-state index < -0.39 is 0 Å². The molecule has 2 atom stereocenters. The van der Waals surface area contributed by atoms with Crippen molar-refractivity contribution in [3.8, 4) is 0 Å². The van der Waals surface area contributed by atoms with Gasteiger partial charge in [-0.25, -0.2) is 0 Å². The molecule has 2 aliphatic heterocycles. The minimum atomic E-state index is -0.210. The predicted octanol–water partition coefficient (Wildman–Crippen LogP) is 2.40. The average Bonchev–Trinajstić information content (AvgIpc) is 3.32. The van der Waals surface area contributed by atoms with Crippen LogP contribution in [-0.2, 0) is 4.79 Å². The Morgan fingerprint density at radius 1 is 1.19 bits per heavy atom. The number of thiophene rings is 1. The molecule has 3 aliphatic rings. The van der Waals surface area contributed by atoms with E-state index in [4.69, 9.17) is 0 Å². The summed E-state index contributed by atoms with van der Waals surface area (Å²) in [6.45, 7) is 3.54. The fourth-order valence-electron chi connectivity index (χ4n) is 5.90. The van der Waals surface area contributed by atoms with Gasteiger partial charge in [-0.3, -0.25) is 9.59 Å². The first-order valence-corrected chi connectivity index (χ1v) is 10.5. The minimum Gasteiger partial charge on any atom is -0.348 e. The van der Waals surface area contributed by atoms with Gasteiger partial charge in [0.05, 0.1) is 10.3 Å². The van der Waals surface area contributed by atoms with E-state index >= 15 is 0 Å². The molecule has 142 valence electrons. The van der Waals surface area contributed by atoms with E-state index in [2.05, 4.69) is 11.9 Å². The highest BCUT2D eigenvalue weighted by atomic mass is 32.1. The number of amides is 2. The second-order valence-corrected chi connectivity index (χ2v) is 9.68. The van der Waals surface area contributed by atoms with Crippen LogP contribution < -0.4 is 0 Å². The van der Waals surface area contributed by atoms with Crippen LogP contribution in [0.3, 0.4) is 0 Å². The number of hydrogen-bond acceptors (Lipinski definition) is 4. The summed E-state index contributed by atoms with van der Waals surface area (Å²) in [5.74, 6) is 0.904. The average molecular weight is 376 g/mol. The van der Waals surface area contributed by atoms with Gasteiger partial charge in [0.15, 0.2) is 0 Å². The van der Waals surface area contributed by atoms with Gasteiger partial charge in [-0.1, -0.05) is 6.07 Å². The first-order valence-electron chi connectivity index (χ1n) is 9.61. The lowest BCUT2D eigenvalue weighted by Gasteiger charge is -2.44. The third-order valence-electron chi connectivity index (χ3n) is 7.13. The fraction of sp³-hybridized carbons (Fsp3) is 0.700. The molecule has 0 N–H and O–H groups in total. The van der Waals surface area contributed by atoms with Crippen LogP contribution >= 0.6 is 11.3 Å². The van der Waals surface area contributed by atoms with Crippen molar-refractivity contribution in [2.24, 2.45) is 16.7 Å². The molecular weight excluding hydrogens is 346 g/mol. The normalized spacial score (nSPS) is 30.6. The summed E-state index contributed by atoms with van der Waals surface area (Å²) < 4.78 is 0. The summed E-state index contributed by atoms with van der Waals surface area (Å²) in [5.41, 5.74) is 0.0147. The number of hydrogen-bond donors (Lipinski definition) is 0. The van der Waals surface area contributed by atoms with Gasteiger partial charge in [-0.2, -0.15) is 0 Å². The molecule has 3 heterocycles. The first kappa shape index (κ1) is 18.0. The Balaban J connectivity index is 1.52. The second-order valence-electron chi connectivity index (χ2n) is 8.74. The molecule has 5 nitrogen and oxygen atoms in total. The SMILES string of the molecule is CN1C[C@H]2C3(CCN(C(=O)c4cccs4)CC3)CC[C@@]2(C(=O)N(C)C)C1. The molecule has 0 radical (unpaired) electrons. The van der Waals surface area contributed by atoms with Crippen molar-refractivity contribution in [1.82, 2.24) is 14.7 Å². The number of rotatable bonds is 2. The van der Waals surface area contributed by atoms with Crippen LogP contribution in [0, 0.1) is 16.7 Å². The molecular formula is C20H29N3O2S. The number of fused-ring (bicyclic) bond motifs is 2. The third-order valence-corrected chi connectivity index (χ3v) is 7.99. The number of carbonyl (C=O) groups excluding carboxylic acids is 2. The Kier molecular flexibility index (Phi) is 4.39. The van der Waals surface area contributed by atoms with E-state index in [-0.39, 0.29) is 16.7 Å². The van der Waals surface area contributed by atoms with Gasteiger partial charge >= 0.3 is 0 Å². The summed E-state index contributed by atoms with van der Waals surface area (Å²) in [5, 5.41) is 1.96. The van der Waals surface area contributed by atoms with Gasteiger partial charge in [0.1, 0.15) is 0 Å². The quantitative estimate of drug-likeness (QED) is 0.797. The number of nitrogens with zero attached hydrogens (tertiary/aromatic N) is 3. The fourth-order valence-corrected chi connectivity index (χ4v) is 6.59. The molecule has 3 fully saturated rings. The molecule has 0 unspecified atom stereocenters. The van der Waals surface area contributed by atoms with Gasteiger partial charge in [0.25, 0.3) is 5.91 Å². The lowest BCUT2D eigenvalue weighted by atomic mass is 9.65. The Bertz CT molecular complexity index is 694. The highest BCUT2D eigenvalue weighted by Crippen LogP contribution is 2.62. The maximum Gasteiger partial charge on any atom is 0.263 e. The van der Waals surface area contributed by atoms with Crippen LogP contribution in [0.4, 0.5) is 0 Å². The van der Waals surface area contributed by atoms with Crippen LogP contribution in [0.25, 0.3) is 0 Å². The standard InChI is InChI=1S/C20H29N3O2S/c1-21(2)18(25)20-7-6-19(16(20)13-22(3)14-20)8-10-23(11-9-19)17(24)15-5-4-12-26-15/h4-5,12,16H,6-11,13-14H2,1-3H3/t16-,20+/m0/s1. The van der Waals surface area contributed by atoms with Crippen molar-refractivity contribution in [1.29, 1.82) is 0 Å². The zero-order chi connectivity index (χ0) is 18.5. The van der Waals surface area contributed by atoms with Crippen LogP contribution in [0.5, 0.6) is 0 Å². The summed E-state index contributed by atoms with van der Waals surface area (Å²) >= 11 is 1.52. The maximum absolute atomic E-state index is 13.1. The van der Waals surface area contributed by atoms with Gasteiger partial charge in [-0.15, -0.1) is 11.3 Å². The molecule has 1 spiro atoms. The largest absolute Gasteiger partial charge is 0.348 e. The van der Waals surface area contributed by atoms with Crippen LogP contribution in [0.2, 0.25) is 0 Å². The lowest BCUT2D eigenvalue weighted by molar-refractivity contribution is -0.141. The van der Waals surface area contributed by atoms with E-state index in [0.717, 1.165) is 56.7 Å². The highest BCUT2D eigenvalue weighted by Gasteiger charge is 2.64. The Morgan fingerprint density at radius 3 is 2.54 bits per heavy atom. The van der Waals surface area contributed by atoms with Crippen molar-refractivity contribution in [2.45, 2.75) is 25.7 Å². The summed E-state index contributed by atoms with van der Waals surface area (Å²) in [6.07, 6.45) is 4.19. The van der Waals surface area contributed by atoms with E-state index in [1.807, 2.05) is 36.5 Å². The van der Waals surface area contributed by atoms with E-state index in [9.17, 15) is 9.59 Å². The van der Waals surface area contributed by atoms with Crippen LogP contribution in [0.15, 0.2) is 17.5 Å². The summed E-state index contributed by atoms with van der Waals surface area (Å²) in [4.78, 5) is 32.7. The van der Waals surface area contributed by atoms with Gasteiger partial charge in [-0.05, 0) is 55.5 Å². The summed E-state index contributed by atoms with van der Waals surface area (Å²) in [6, 6.07) is 3.86. The molecule has 1 aliphatic carbocycles. The highest BCUT2D eigenvalue weighted by molar-refractivity contribution is 7.12. The van der Waals surface area contributed by atoms with Gasteiger partial charge in [0.2, 0.25) is 5.91 Å². The van der Waals surface area contributed by atoms with Gasteiger partial charge < -0.3 is 14.7 Å². The van der Waals surface area contributed by atoms with E-state index in [0.29, 0.717) is 11.8 Å². The minimum absolute atomic E-state index is 0.173. The Morgan fingerprint density at radius 2 is 1.92 bits per heavy atom. The van der Waals surface area contributed by atoms with Crippen molar-refractivity contribution < 1.29 is 9.59 Å². The Hall–Kier alpha value is -1.40. The van der Waals surface area contributed by atoms with Crippen molar-refractivity contribution >= 4 is 23.2 Å². The van der Waals surface area contributed by atoms with Crippen molar-refractivity contribution in [3.63, 3.8) is 0 Å². The molecule has 1 aromatic rings. The molecule has 2 amide bonds. The zero-order valence-electron chi connectivity index (χ0n) is 16.0. The van der Waals surface area contributed by atoms with E-state index in [1.54, 1.807) is 4.90 Å². The lowest BCUT2D eigenvalue weighted by Crippen LogP contribution is -2.49. The van der Waals surface area contributed by atoms with Crippen LogP contribution in [0.1, 0.15) is 35.4 Å². The van der Waals surface area contributed by atoms with Gasteiger partial charge in [0, 0.05) is 40.3 Å². The molecule has 4 rings (SSSR count). The summed E-state index contributed by atoms with van der Waals surface area (Å²) in [7, 11) is 5.92. The zero-order valence-corrected chi connectivity index (χ0v) is 16.8. The van der Waals surface area contributed by atoms with Crippen molar-refractivity contribution in [3.05, 3.63) is 22.4 Å². The number of piperidine rings is 1. The predicted molar refractivity (Wildman–Crippen MR) is 103 cm³/mol. The Labute approximate surface area is 159 Å².